The molecule has 20 heavy (non-hydrogen) atoms. The molecule has 5 heteroatoms. The summed E-state index contributed by atoms with van der Waals surface area (Å²) in [6, 6.07) is 0.709. The second-order valence-electron chi connectivity index (χ2n) is 6.60. The third-order valence-electron chi connectivity index (χ3n) is 4.34. The summed E-state index contributed by atoms with van der Waals surface area (Å²) >= 11 is 0. The van der Waals surface area contributed by atoms with Crippen LogP contribution < -0.4 is 5.32 Å². The van der Waals surface area contributed by atoms with Crippen LogP contribution in [0.5, 0.6) is 0 Å². The highest BCUT2D eigenvalue weighted by molar-refractivity contribution is 4.92. The first-order valence-electron chi connectivity index (χ1n) is 7.99. The van der Waals surface area contributed by atoms with E-state index < -0.39 is 0 Å². The van der Waals surface area contributed by atoms with E-state index in [1.807, 2.05) is 0 Å². The maximum Gasteiger partial charge on any atom is 0.240 e. The molecule has 1 saturated carbocycles. The van der Waals surface area contributed by atoms with Crippen molar-refractivity contribution in [3.8, 4) is 0 Å². The van der Waals surface area contributed by atoms with Crippen molar-refractivity contribution in [3.63, 3.8) is 0 Å². The van der Waals surface area contributed by atoms with Gasteiger partial charge in [0.05, 0.1) is 6.54 Å². The molecule has 1 aliphatic heterocycles. The standard InChI is InChI=1S/C15H26N4O/c1-11(2)15-17-14(20-18-15)10-19-7-5-13(6-8-19)16-9-12-3-4-12/h11-13,16H,3-10H2,1-2H3. The Morgan fingerprint density at radius 2 is 2.00 bits per heavy atom. The minimum Gasteiger partial charge on any atom is -0.338 e. The summed E-state index contributed by atoms with van der Waals surface area (Å²) < 4.78 is 5.32. The van der Waals surface area contributed by atoms with E-state index in [0.717, 1.165) is 37.3 Å². The van der Waals surface area contributed by atoms with Crippen LogP contribution in [0, 0.1) is 5.92 Å². The van der Waals surface area contributed by atoms with Crippen LogP contribution in [0.1, 0.15) is 57.2 Å². The van der Waals surface area contributed by atoms with Crippen LogP contribution in [-0.4, -0.2) is 40.7 Å². The van der Waals surface area contributed by atoms with E-state index in [-0.39, 0.29) is 0 Å². The lowest BCUT2D eigenvalue weighted by atomic mass is 10.0. The first kappa shape index (κ1) is 14.0. The van der Waals surface area contributed by atoms with Crippen LogP contribution in [0.2, 0.25) is 0 Å². The molecule has 1 aromatic heterocycles. The number of piperidine rings is 1. The largest absolute Gasteiger partial charge is 0.338 e. The van der Waals surface area contributed by atoms with Crippen LogP contribution in [-0.2, 0) is 6.54 Å². The monoisotopic (exact) mass is 278 g/mol. The summed E-state index contributed by atoms with van der Waals surface area (Å²) in [5, 5.41) is 7.74. The lowest BCUT2D eigenvalue weighted by Gasteiger charge is -2.31. The fourth-order valence-corrected chi connectivity index (χ4v) is 2.71. The van der Waals surface area contributed by atoms with Gasteiger partial charge in [-0.15, -0.1) is 0 Å². The summed E-state index contributed by atoms with van der Waals surface area (Å²) in [7, 11) is 0. The zero-order valence-corrected chi connectivity index (χ0v) is 12.6. The molecule has 3 rings (SSSR count). The molecule has 0 spiro atoms. The molecular weight excluding hydrogens is 252 g/mol. The highest BCUT2D eigenvalue weighted by Crippen LogP contribution is 2.28. The van der Waals surface area contributed by atoms with Crippen LogP contribution >= 0.6 is 0 Å². The van der Waals surface area contributed by atoms with Crippen molar-refractivity contribution in [2.75, 3.05) is 19.6 Å². The van der Waals surface area contributed by atoms with Gasteiger partial charge in [0, 0.05) is 25.0 Å². The Hall–Kier alpha value is -0.940. The summed E-state index contributed by atoms with van der Waals surface area (Å²) in [6.45, 7) is 8.46. The Morgan fingerprint density at radius 1 is 1.25 bits per heavy atom. The Balaban J connectivity index is 1.40. The fourth-order valence-electron chi connectivity index (χ4n) is 2.71. The quantitative estimate of drug-likeness (QED) is 0.864. The molecule has 112 valence electrons. The maximum atomic E-state index is 5.32. The minimum atomic E-state index is 0.338. The zero-order valence-electron chi connectivity index (χ0n) is 12.6. The van der Waals surface area contributed by atoms with Gasteiger partial charge >= 0.3 is 0 Å². The molecule has 1 aromatic rings. The molecule has 1 saturated heterocycles. The topological polar surface area (TPSA) is 54.2 Å². The van der Waals surface area contributed by atoms with Gasteiger partial charge < -0.3 is 9.84 Å². The van der Waals surface area contributed by atoms with Crippen molar-refractivity contribution in [1.82, 2.24) is 20.4 Å². The van der Waals surface area contributed by atoms with Crippen molar-refractivity contribution in [2.45, 2.75) is 58.0 Å². The first-order chi connectivity index (χ1) is 9.70. The van der Waals surface area contributed by atoms with Crippen LogP contribution in [0.25, 0.3) is 0 Å². The number of nitrogens with one attached hydrogen (secondary N) is 1. The molecule has 0 radical (unpaired) electrons. The van der Waals surface area contributed by atoms with Gasteiger partial charge in [-0.3, -0.25) is 4.90 Å². The normalized spacial score (nSPS) is 21.8. The van der Waals surface area contributed by atoms with Gasteiger partial charge in [-0.05, 0) is 38.1 Å². The number of nitrogens with zero attached hydrogens (tertiary/aromatic N) is 3. The van der Waals surface area contributed by atoms with Crippen molar-refractivity contribution >= 4 is 0 Å². The Morgan fingerprint density at radius 3 is 2.60 bits per heavy atom. The van der Waals surface area contributed by atoms with E-state index in [0.29, 0.717) is 12.0 Å². The van der Waals surface area contributed by atoms with Crippen molar-refractivity contribution in [1.29, 1.82) is 0 Å². The number of hydrogen-bond donors (Lipinski definition) is 1. The molecular formula is C15H26N4O. The molecule has 0 bridgehead atoms. The van der Waals surface area contributed by atoms with Gasteiger partial charge in [-0.2, -0.15) is 4.98 Å². The summed E-state index contributed by atoms with van der Waals surface area (Å²) in [6.07, 6.45) is 5.33. The van der Waals surface area contributed by atoms with E-state index in [1.54, 1.807) is 0 Å². The second-order valence-corrected chi connectivity index (χ2v) is 6.60. The molecule has 2 heterocycles. The predicted octanol–water partition coefficient (Wildman–Crippen LogP) is 2.16. The number of rotatable bonds is 6. The smallest absolute Gasteiger partial charge is 0.240 e. The fraction of sp³-hybridized carbons (Fsp3) is 0.867. The maximum absolute atomic E-state index is 5.32. The van der Waals surface area contributed by atoms with E-state index in [2.05, 4.69) is 34.2 Å². The first-order valence-corrected chi connectivity index (χ1v) is 7.99. The van der Waals surface area contributed by atoms with Gasteiger partial charge in [0.1, 0.15) is 0 Å². The third kappa shape index (κ3) is 3.79. The molecule has 1 N–H and O–H groups in total. The highest BCUT2D eigenvalue weighted by atomic mass is 16.5. The van der Waals surface area contributed by atoms with Gasteiger partial charge in [-0.25, -0.2) is 0 Å². The Kier molecular flexibility index (Phi) is 4.36. The van der Waals surface area contributed by atoms with Crippen LogP contribution in [0.4, 0.5) is 0 Å². The van der Waals surface area contributed by atoms with Gasteiger partial charge in [0.2, 0.25) is 5.89 Å². The molecule has 0 atom stereocenters. The molecule has 2 aliphatic rings. The average molecular weight is 278 g/mol. The summed E-state index contributed by atoms with van der Waals surface area (Å²) in [5.74, 6) is 2.89. The lowest BCUT2D eigenvalue weighted by molar-refractivity contribution is 0.170. The summed E-state index contributed by atoms with van der Waals surface area (Å²) in [4.78, 5) is 6.88. The third-order valence-corrected chi connectivity index (χ3v) is 4.34. The number of hydrogen-bond acceptors (Lipinski definition) is 5. The van der Waals surface area contributed by atoms with E-state index in [1.165, 1.54) is 32.2 Å². The average Bonchev–Trinajstić information content (AvgIpc) is 3.15. The zero-order chi connectivity index (χ0) is 13.9. The van der Waals surface area contributed by atoms with E-state index >= 15 is 0 Å². The molecule has 1 aliphatic carbocycles. The highest BCUT2D eigenvalue weighted by Gasteiger charge is 2.25. The summed E-state index contributed by atoms with van der Waals surface area (Å²) in [5.41, 5.74) is 0. The Bertz CT molecular complexity index is 419. The number of likely N-dealkylation sites (tertiary alicyclic amines) is 1. The molecule has 0 unspecified atom stereocenters. The molecule has 0 amide bonds. The van der Waals surface area contributed by atoms with Gasteiger partial charge in [0.25, 0.3) is 0 Å². The SMILES string of the molecule is CC(C)c1noc(CN2CCC(NCC3CC3)CC2)n1. The Labute approximate surface area is 121 Å². The van der Waals surface area contributed by atoms with Crippen molar-refractivity contribution in [3.05, 3.63) is 11.7 Å². The van der Waals surface area contributed by atoms with Gasteiger partial charge in [-0.1, -0.05) is 19.0 Å². The second kappa shape index (κ2) is 6.22. The lowest BCUT2D eigenvalue weighted by Crippen LogP contribution is -2.42. The van der Waals surface area contributed by atoms with E-state index in [4.69, 9.17) is 4.52 Å². The number of aromatic nitrogens is 2. The van der Waals surface area contributed by atoms with Crippen LogP contribution in [0.15, 0.2) is 4.52 Å². The van der Waals surface area contributed by atoms with Crippen molar-refractivity contribution in [2.24, 2.45) is 5.92 Å². The predicted molar refractivity (Wildman–Crippen MR) is 77.4 cm³/mol. The van der Waals surface area contributed by atoms with Crippen molar-refractivity contribution < 1.29 is 4.52 Å². The molecule has 2 fully saturated rings. The van der Waals surface area contributed by atoms with Gasteiger partial charge in [0.15, 0.2) is 5.82 Å². The van der Waals surface area contributed by atoms with E-state index in [9.17, 15) is 0 Å². The molecule has 0 aromatic carbocycles. The minimum absolute atomic E-state index is 0.338. The van der Waals surface area contributed by atoms with Crippen LogP contribution in [0.3, 0.4) is 0 Å². The molecule has 5 nitrogen and oxygen atoms in total.